The SMILES string of the molecule is CCCCCC/C=C\CCCCCCCC(=O)OC(COC(=O)CCCCCCCCCC)COC(=O)CCCCCCCCCCCCCCCCCC/C=C\C/C=C\C/C=C\CCCCCCC. The van der Waals surface area contributed by atoms with Gasteiger partial charge in [0.05, 0.1) is 0 Å². The van der Waals surface area contributed by atoms with Crippen LogP contribution in [0.4, 0.5) is 0 Å². The molecule has 0 aliphatic heterocycles. The van der Waals surface area contributed by atoms with Crippen LogP contribution in [0, 0.1) is 0 Å². The first-order valence-electron chi connectivity index (χ1n) is 30.6. The van der Waals surface area contributed by atoms with E-state index in [1.54, 1.807) is 0 Å². The number of esters is 3. The molecule has 0 spiro atoms. The molecule has 1 atom stereocenters. The van der Waals surface area contributed by atoms with Gasteiger partial charge in [-0.15, -0.1) is 0 Å². The molecular weight excluding hydrogens is 865 g/mol. The molecule has 0 bridgehead atoms. The number of hydrogen-bond donors (Lipinski definition) is 0. The van der Waals surface area contributed by atoms with Gasteiger partial charge in [-0.2, -0.15) is 0 Å². The average molecular weight is 982 g/mol. The summed E-state index contributed by atoms with van der Waals surface area (Å²) in [4.78, 5) is 38.0. The number of ether oxygens (including phenoxy) is 3. The molecule has 0 saturated carbocycles. The fraction of sp³-hybridized carbons (Fsp3) is 0.828. The highest BCUT2D eigenvalue weighted by Crippen LogP contribution is 2.17. The summed E-state index contributed by atoms with van der Waals surface area (Å²) >= 11 is 0. The third-order valence-corrected chi connectivity index (χ3v) is 13.6. The Morgan fingerprint density at radius 3 is 0.829 bits per heavy atom. The Kier molecular flexibility index (Phi) is 56.7. The molecule has 0 rings (SSSR count). The van der Waals surface area contributed by atoms with Gasteiger partial charge in [-0.25, -0.2) is 0 Å². The smallest absolute Gasteiger partial charge is 0.306 e. The Morgan fingerprint density at radius 1 is 0.286 bits per heavy atom. The molecule has 408 valence electrons. The molecule has 0 aliphatic rings. The van der Waals surface area contributed by atoms with Crippen LogP contribution in [-0.4, -0.2) is 37.2 Å². The second-order valence-electron chi connectivity index (χ2n) is 20.6. The largest absolute Gasteiger partial charge is 0.462 e. The molecule has 0 aromatic carbocycles. The van der Waals surface area contributed by atoms with Gasteiger partial charge in [0.2, 0.25) is 0 Å². The second-order valence-corrected chi connectivity index (χ2v) is 20.6. The van der Waals surface area contributed by atoms with Gasteiger partial charge in [0.25, 0.3) is 0 Å². The number of unbranched alkanes of at least 4 members (excludes halogenated alkanes) is 37. The third kappa shape index (κ3) is 56.3. The van der Waals surface area contributed by atoms with Gasteiger partial charge in [0.15, 0.2) is 6.10 Å². The number of carbonyl (C=O) groups excluding carboxylic acids is 3. The van der Waals surface area contributed by atoms with Gasteiger partial charge < -0.3 is 14.2 Å². The summed E-state index contributed by atoms with van der Waals surface area (Å²) in [6, 6.07) is 0. The van der Waals surface area contributed by atoms with Crippen molar-refractivity contribution in [1.29, 1.82) is 0 Å². The maximum Gasteiger partial charge on any atom is 0.306 e. The van der Waals surface area contributed by atoms with Gasteiger partial charge in [-0.3, -0.25) is 14.4 Å². The number of allylic oxidation sites excluding steroid dienone is 8. The fourth-order valence-electron chi connectivity index (χ4n) is 8.92. The summed E-state index contributed by atoms with van der Waals surface area (Å²) in [6.07, 6.45) is 72.8. The monoisotopic (exact) mass is 981 g/mol. The number of rotatable bonds is 56. The lowest BCUT2D eigenvalue weighted by Crippen LogP contribution is -2.30. The molecule has 0 radical (unpaired) electrons. The van der Waals surface area contributed by atoms with E-state index in [0.717, 1.165) is 77.0 Å². The Morgan fingerprint density at radius 2 is 0.514 bits per heavy atom. The summed E-state index contributed by atoms with van der Waals surface area (Å²) in [7, 11) is 0. The lowest BCUT2D eigenvalue weighted by molar-refractivity contribution is -0.167. The highest BCUT2D eigenvalue weighted by molar-refractivity contribution is 5.71. The highest BCUT2D eigenvalue weighted by atomic mass is 16.6. The van der Waals surface area contributed by atoms with Crippen molar-refractivity contribution in [1.82, 2.24) is 0 Å². The van der Waals surface area contributed by atoms with Crippen molar-refractivity contribution in [3.8, 4) is 0 Å². The second kappa shape index (κ2) is 58.9. The van der Waals surface area contributed by atoms with Gasteiger partial charge in [-0.05, 0) is 83.5 Å². The number of carbonyl (C=O) groups is 3. The summed E-state index contributed by atoms with van der Waals surface area (Å²) in [5.41, 5.74) is 0. The van der Waals surface area contributed by atoms with Crippen LogP contribution in [0.25, 0.3) is 0 Å². The minimum Gasteiger partial charge on any atom is -0.462 e. The first kappa shape index (κ1) is 67.4. The zero-order valence-electron chi connectivity index (χ0n) is 46.8. The first-order valence-corrected chi connectivity index (χ1v) is 30.6. The molecule has 0 heterocycles. The fourth-order valence-corrected chi connectivity index (χ4v) is 8.92. The minimum atomic E-state index is -0.772. The van der Waals surface area contributed by atoms with Crippen LogP contribution in [0.3, 0.4) is 0 Å². The van der Waals surface area contributed by atoms with E-state index in [-0.39, 0.29) is 31.1 Å². The molecule has 0 aliphatic carbocycles. The topological polar surface area (TPSA) is 78.9 Å². The molecule has 70 heavy (non-hydrogen) atoms. The predicted octanol–water partition coefficient (Wildman–Crippen LogP) is 20.6. The molecule has 0 aromatic rings. The van der Waals surface area contributed by atoms with E-state index >= 15 is 0 Å². The Labute approximate surface area is 435 Å². The van der Waals surface area contributed by atoms with E-state index in [2.05, 4.69) is 69.4 Å². The van der Waals surface area contributed by atoms with Gasteiger partial charge in [0.1, 0.15) is 13.2 Å². The summed E-state index contributed by atoms with van der Waals surface area (Å²) in [6.45, 7) is 6.60. The molecule has 6 heteroatoms. The highest BCUT2D eigenvalue weighted by Gasteiger charge is 2.19. The van der Waals surface area contributed by atoms with E-state index in [1.165, 1.54) is 205 Å². The molecule has 6 nitrogen and oxygen atoms in total. The zero-order chi connectivity index (χ0) is 50.7. The molecule has 0 N–H and O–H groups in total. The molecule has 0 saturated heterocycles. The Hall–Kier alpha value is -2.63. The van der Waals surface area contributed by atoms with Gasteiger partial charge in [0, 0.05) is 19.3 Å². The maximum atomic E-state index is 12.8. The van der Waals surface area contributed by atoms with E-state index in [9.17, 15) is 14.4 Å². The van der Waals surface area contributed by atoms with Crippen LogP contribution in [0.15, 0.2) is 48.6 Å². The molecule has 1 unspecified atom stereocenters. The van der Waals surface area contributed by atoms with Crippen molar-refractivity contribution >= 4 is 17.9 Å². The molecule has 0 aromatic heterocycles. The van der Waals surface area contributed by atoms with Crippen LogP contribution >= 0.6 is 0 Å². The van der Waals surface area contributed by atoms with Crippen molar-refractivity contribution in [2.45, 2.75) is 329 Å². The van der Waals surface area contributed by atoms with Crippen molar-refractivity contribution in [3.05, 3.63) is 48.6 Å². The zero-order valence-corrected chi connectivity index (χ0v) is 46.8. The summed E-state index contributed by atoms with van der Waals surface area (Å²) in [5.74, 6) is -0.873. The Balaban J connectivity index is 4.03. The normalized spacial score (nSPS) is 12.3. The van der Waals surface area contributed by atoms with Crippen LogP contribution in [0.2, 0.25) is 0 Å². The third-order valence-electron chi connectivity index (χ3n) is 13.6. The van der Waals surface area contributed by atoms with E-state index in [0.29, 0.717) is 19.3 Å². The molecule has 0 fully saturated rings. The van der Waals surface area contributed by atoms with Gasteiger partial charge in [-0.1, -0.05) is 268 Å². The number of hydrogen-bond acceptors (Lipinski definition) is 6. The maximum absolute atomic E-state index is 12.8. The first-order chi connectivity index (χ1) is 34.5. The van der Waals surface area contributed by atoms with Crippen LogP contribution in [0.5, 0.6) is 0 Å². The van der Waals surface area contributed by atoms with Gasteiger partial charge >= 0.3 is 17.9 Å². The van der Waals surface area contributed by atoms with Crippen LogP contribution in [0.1, 0.15) is 323 Å². The minimum absolute atomic E-state index is 0.0729. The molecular formula is C64H116O6. The Bertz CT molecular complexity index is 1220. The van der Waals surface area contributed by atoms with Crippen molar-refractivity contribution in [2.75, 3.05) is 13.2 Å². The van der Waals surface area contributed by atoms with Crippen molar-refractivity contribution in [3.63, 3.8) is 0 Å². The van der Waals surface area contributed by atoms with Crippen molar-refractivity contribution < 1.29 is 28.6 Å². The van der Waals surface area contributed by atoms with Crippen LogP contribution in [-0.2, 0) is 28.6 Å². The van der Waals surface area contributed by atoms with E-state index in [4.69, 9.17) is 14.2 Å². The standard InChI is InChI=1S/C64H116O6/c1-4-7-10-13-16-19-21-23-24-25-26-27-28-29-30-31-32-33-34-35-36-37-38-39-40-42-43-45-48-51-54-57-63(66)69-60-61(59-68-62(65)56-53-50-47-18-15-12-9-6-3)70-64(67)58-55-52-49-46-44-41-22-20-17-14-11-8-5-2/h20-23,25-26,28-29,61H,4-19,24,27,30-60H2,1-3H3/b22-20-,23-21-,26-25-,29-28-. The van der Waals surface area contributed by atoms with Crippen molar-refractivity contribution in [2.24, 2.45) is 0 Å². The predicted molar refractivity (Wildman–Crippen MR) is 302 cm³/mol. The summed E-state index contributed by atoms with van der Waals surface area (Å²) in [5, 5.41) is 0. The quantitative estimate of drug-likeness (QED) is 0.0261. The van der Waals surface area contributed by atoms with Crippen LogP contribution < -0.4 is 0 Å². The average Bonchev–Trinajstić information content (AvgIpc) is 3.36. The summed E-state index contributed by atoms with van der Waals surface area (Å²) < 4.78 is 16.8. The lowest BCUT2D eigenvalue weighted by Gasteiger charge is -2.18. The lowest BCUT2D eigenvalue weighted by atomic mass is 10.0. The van der Waals surface area contributed by atoms with E-state index in [1.807, 2.05) is 0 Å². The van der Waals surface area contributed by atoms with E-state index < -0.39 is 6.10 Å². The molecule has 0 amide bonds.